The first-order valence-corrected chi connectivity index (χ1v) is 11.5. The highest BCUT2D eigenvalue weighted by atomic mass is 32.1. The van der Waals surface area contributed by atoms with Crippen molar-refractivity contribution < 1.29 is 0 Å². The van der Waals surface area contributed by atoms with E-state index in [-0.39, 0.29) is 5.56 Å². The van der Waals surface area contributed by atoms with Gasteiger partial charge in [-0.2, -0.15) is 0 Å². The van der Waals surface area contributed by atoms with Crippen LogP contribution in [0.5, 0.6) is 0 Å². The van der Waals surface area contributed by atoms with Crippen LogP contribution in [0, 0.1) is 0 Å². The van der Waals surface area contributed by atoms with Gasteiger partial charge in [-0.15, -0.1) is 11.3 Å². The Hall–Kier alpha value is -3.27. The zero-order chi connectivity index (χ0) is 22.1. The smallest absolute Gasteiger partial charge is 0.268 e. The molecule has 0 spiro atoms. The van der Waals surface area contributed by atoms with Crippen LogP contribution >= 0.6 is 23.6 Å². The van der Waals surface area contributed by atoms with E-state index in [0.29, 0.717) is 11.1 Å². The van der Waals surface area contributed by atoms with Crippen molar-refractivity contribution in [2.24, 2.45) is 0 Å². The first-order valence-electron chi connectivity index (χ1n) is 10.3. The summed E-state index contributed by atoms with van der Waals surface area (Å²) in [5.74, 6) is 0.387. The molecular formula is C23H22N6OS2. The molecule has 9 heteroatoms. The van der Waals surface area contributed by atoms with Crippen molar-refractivity contribution in [3.8, 4) is 5.69 Å². The summed E-state index contributed by atoms with van der Waals surface area (Å²) in [7, 11) is 2.10. The Bertz CT molecular complexity index is 1330. The highest BCUT2D eigenvalue weighted by Gasteiger charge is 2.24. The number of aromatic nitrogens is 2. The van der Waals surface area contributed by atoms with Crippen LogP contribution in [0.1, 0.15) is 10.4 Å². The standard InChI is InChI=1S/C23H22N6OS2/c1-28-13-12-17-18(14-28)32-20-19(17)21(30)29(16-10-6-3-7-11-16)22(25-20)26-27-23(31)24-15-8-4-2-5-9-15/h2-11H,12-14H2,1H3,(H,25,26)(H2,24,27,31). The second kappa shape index (κ2) is 8.70. The molecule has 32 heavy (non-hydrogen) atoms. The van der Waals surface area contributed by atoms with E-state index >= 15 is 0 Å². The molecule has 4 aromatic rings. The fourth-order valence-corrected chi connectivity index (χ4v) is 5.33. The number of likely N-dealkylation sites (N-methyl/N-ethyl adjacent to an activating group) is 1. The number of thiophene rings is 1. The molecule has 1 aliphatic heterocycles. The maximum Gasteiger partial charge on any atom is 0.268 e. The van der Waals surface area contributed by atoms with Crippen molar-refractivity contribution in [3.63, 3.8) is 0 Å². The second-order valence-electron chi connectivity index (χ2n) is 7.65. The maximum atomic E-state index is 13.7. The van der Waals surface area contributed by atoms with E-state index in [1.54, 1.807) is 15.9 Å². The van der Waals surface area contributed by atoms with Crippen LogP contribution in [-0.2, 0) is 13.0 Å². The van der Waals surface area contributed by atoms with Gasteiger partial charge in [0, 0.05) is 23.7 Å². The number of para-hydroxylation sites is 2. The molecule has 2 aromatic carbocycles. The molecule has 3 heterocycles. The lowest BCUT2D eigenvalue weighted by Gasteiger charge is -2.22. The van der Waals surface area contributed by atoms with Crippen molar-refractivity contribution in [2.75, 3.05) is 24.3 Å². The zero-order valence-corrected chi connectivity index (χ0v) is 19.1. The van der Waals surface area contributed by atoms with Crippen LogP contribution < -0.4 is 21.7 Å². The zero-order valence-electron chi connectivity index (χ0n) is 17.5. The molecule has 5 rings (SSSR count). The lowest BCUT2D eigenvalue weighted by Crippen LogP contribution is -2.36. The van der Waals surface area contributed by atoms with Gasteiger partial charge in [0.1, 0.15) is 4.83 Å². The summed E-state index contributed by atoms with van der Waals surface area (Å²) < 4.78 is 1.60. The molecule has 3 N–H and O–H groups in total. The Morgan fingerprint density at radius 1 is 1.09 bits per heavy atom. The predicted molar refractivity (Wildman–Crippen MR) is 135 cm³/mol. The summed E-state index contributed by atoms with van der Waals surface area (Å²) in [6.07, 6.45) is 0.855. The third-order valence-electron chi connectivity index (χ3n) is 5.40. The summed E-state index contributed by atoms with van der Waals surface area (Å²) in [5, 5.41) is 4.20. The van der Waals surface area contributed by atoms with E-state index in [1.165, 1.54) is 4.88 Å². The number of rotatable bonds is 4. The molecule has 0 fully saturated rings. The molecule has 0 unspecified atom stereocenters. The second-order valence-corrected chi connectivity index (χ2v) is 9.15. The van der Waals surface area contributed by atoms with Crippen molar-refractivity contribution >= 4 is 50.5 Å². The summed E-state index contributed by atoms with van der Waals surface area (Å²) >= 11 is 6.99. The van der Waals surface area contributed by atoms with Gasteiger partial charge in [-0.1, -0.05) is 36.4 Å². The van der Waals surface area contributed by atoms with Crippen molar-refractivity contribution in [2.45, 2.75) is 13.0 Å². The third kappa shape index (κ3) is 3.97. The topological polar surface area (TPSA) is 74.2 Å². The average molecular weight is 463 g/mol. The van der Waals surface area contributed by atoms with Crippen molar-refractivity contribution in [3.05, 3.63) is 81.5 Å². The predicted octanol–water partition coefficient (Wildman–Crippen LogP) is 3.75. The third-order valence-corrected chi connectivity index (χ3v) is 6.71. The Kier molecular flexibility index (Phi) is 5.60. The van der Waals surface area contributed by atoms with Gasteiger partial charge in [0.25, 0.3) is 5.56 Å². The number of thiocarbonyl (C=S) groups is 1. The molecule has 2 aromatic heterocycles. The number of benzene rings is 2. The lowest BCUT2D eigenvalue weighted by atomic mass is 10.1. The van der Waals surface area contributed by atoms with Gasteiger partial charge >= 0.3 is 0 Å². The van der Waals surface area contributed by atoms with Gasteiger partial charge < -0.3 is 10.2 Å². The van der Waals surface area contributed by atoms with E-state index in [0.717, 1.165) is 46.7 Å². The summed E-state index contributed by atoms with van der Waals surface area (Å²) in [6.45, 7) is 1.78. The summed E-state index contributed by atoms with van der Waals surface area (Å²) in [4.78, 5) is 22.7. The van der Waals surface area contributed by atoms with Gasteiger partial charge in [-0.05, 0) is 55.5 Å². The SMILES string of the molecule is CN1CCc2c(sc3nc(NNC(=S)Nc4ccccc4)n(-c4ccccc4)c(=O)c23)C1. The molecule has 0 atom stereocenters. The fourth-order valence-electron chi connectivity index (χ4n) is 3.87. The molecular weight excluding hydrogens is 440 g/mol. The van der Waals surface area contributed by atoms with Crippen LogP contribution in [0.15, 0.2) is 65.5 Å². The number of anilines is 2. The van der Waals surface area contributed by atoms with E-state index in [4.69, 9.17) is 17.2 Å². The van der Waals surface area contributed by atoms with E-state index in [2.05, 4.69) is 28.1 Å². The molecule has 162 valence electrons. The van der Waals surface area contributed by atoms with Gasteiger partial charge in [0.05, 0.1) is 11.1 Å². The first-order chi connectivity index (χ1) is 15.6. The Morgan fingerprint density at radius 2 is 1.81 bits per heavy atom. The molecule has 0 aliphatic carbocycles. The van der Waals surface area contributed by atoms with Crippen LogP contribution in [-0.4, -0.2) is 33.2 Å². The number of nitrogens with zero attached hydrogens (tertiary/aromatic N) is 3. The van der Waals surface area contributed by atoms with Crippen LogP contribution in [0.2, 0.25) is 0 Å². The van der Waals surface area contributed by atoms with Crippen molar-refractivity contribution in [1.82, 2.24) is 19.9 Å². The summed E-state index contributed by atoms with van der Waals surface area (Å²) in [5.41, 5.74) is 8.68. The van der Waals surface area contributed by atoms with Gasteiger partial charge in [0.2, 0.25) is 5.95 Å². The number of nitrogens with one attached hydrogen (secondary N) is 3. The largest absolute Gasteiger partial charge is 0.331 e. The van der Waals surface area contributed by atoms with Crippen LogP contribution in [0.4, 0.5) is 11.6 Å². The molecule has 0 bridgehead atoms. The Labute approximate surface area is 194 Å². The van der Waals surface area contributed by atoms with Gasteiger partial charge in [-0.3, -0.25) is 15.6 Å². The molecule has 0 saturated carbocycles. The minimum absolute atomic E-state index is 0.0745. The molecule has 0 amide bonds. The normalized spacial score (nSPS) is 13.5. The molecule has 7 nitrogen and oxygen atoms in total. The Balaban J connectivity index is 1.53. The highest BCUT2D eigenvalue weighted by molar-refractivity contribution is 7.80. The number of hydrogen-bond acceptors (Lipinski definition) is 6. The number of hydrazine groups is 1. The van der Waals surface area contributed by atoms with E-state index < -0.39 is 0 Å². The van der Waals surface area contributed by atoms with Crippen molar-refractivity contribution in [1.29, 1.82) is 0 Å². The molecule has 0 saturated heterocycles. The number of hydrogen-bond donors (Lipinski definition) is 3. The Morgan fingerprint density at radius 3 is 2.56 bits per heavy atom. The molecule has 0 radical (unpaired) electrons. The fraction of sp³-hybridized carbons (Fsp3) is 0.174. The number of fused-ring (bicyclic) bond motifs is 3. The molecule has 1 aliphatic rings. The van der Waals surface area contributed by atoms with Crippen LogP contribution in [0.25, 0.3) is 15.9 Å². The van der Waals surface area contributed by atoms with E-state index in [1.807, 2.05) is 60.7 Å². The van der Waals surface area contributed by atoms with Gasteiger partial charge in [-0.25, -0.2) is 9.55 Å². The minimum Gasteiger partial charge on any atom is -0.331 e. The first kappa shape index (κ1) is 20.6. The minimum atomic E-state index is -0.0745. The highest BCUT2D eigenvalue weighted by Crippen LogP contribution is 2.33. The lowest BCUT2D eigenvalue weighted by molar-refractivity contribution is 0.318. The quantitative estimate of drug-likeness (QED) is 0.315. The van der Waals surface area contributed by atoms with Crippen LogP contribution in [0.3, 0.4) is 0 Å². The summed E-state index contributed by atoms with van der Waals surface area (Å²) in [6, 6.07) is 19.2. The maximum absolute atomic E-state index is 13.7. The van der Waals surface area contributed by atoms with E-state index in [9.17, 15) is 4.79 Å². The van der Waals surface area contributed by atoms with Gasteiger partial charge in [0.15, 0.2) is 5.11 Å². The monoisotopic (exact) mass is 462 g/mol. The average Bonchev–Trinajstić information content (AvgIpc) is 3.16.